The van der Waals surface area contributed by atoms with E-state index in [9.17, 15) is 14.0 Å². The number of amides is 1. The van der Waals surface area contributed by atoms with Gasteiger partial charge in [-0.3, -0.25) is 14.0 Å². The monoisotopic (exact) mass is 401 g/mol. The number of halogens is 1. The average Bonchev–Trinajstić information content (AvgIpc) is 2.77. The number of para-hydroxylation sites is 1. The summed E-state index contributed by atoms with van der Waals surface area (Å²) in [5.41, 5.74) is 3.61. The largest absolute Gasteiger partial charge is 0.339 e. The van der Waals surface area contributed by atoms with Gasteiger partial charge in [0.25, 0.3) is 11.5 Å². The molecule has 7 nitrogen and oxygen atoms in total. The van der Waals surface area contributed by atoms with Crippen LogP contribution in [0.25, 0.3) is 5.65 Å². The summed E-state index contributed by atoms with van der Waals surface area (Å²) in [6.07, 6.45) is 2.84. The highest BCUT2D eigenvalue weighted by Crippen LogP contribution is 2.16. The van der Waals surface area contributed by atoms with Crippen molar-refractivity contribution in [3.8, 4) is 0 Å². The molecule has 0 aliphatic rings. The third-order valence-corrected chi connectivity index (χ3v) is 4.27. The Hall–Kier alpha value is -4.33. The second-order valence-electron chi connectivity index (χ2n) is 6.31. The molecule has 0 saturated heterocycles. The zero-order valence-electron chi connectivity index (χ0n) is 15.6. The molecule has 0 aliphatic carbocycles. The fraction of sp³-hybridized carbons (Fsp3) is 0. The second-order valence-corrected chi connectivity index (χ2v) is 6.31. The molecular formula is C22H16FN5O2. The Kier molecular flexibility index (Phi) is 5.29. The Morgan fingerprint density at radius 2 is 1.73 bits per heavy atom. The molecule has 0 atom stereocenters. The van der Waals surface area contributed by atoms with Gasteiger partial charge in [0.15, 0.2) is 0 Å². The normalized spacial score (nSPS) is 11.0. The highest BCUT2D eigenvalue weighted by Gasteiger charge is 2.12. The Bertz CT molecular complexity index is 1280. The number of rotatable bonds is 5. The molecule has 30 heavy (non-hydrogen) atoms. The maximum absolute atomic E-state index is 13.0. The van der Waals surface area contributed by atoms with Gasteiger partial charge in [0.1, 0.15) is 22.8 Å². The van der Waals surface area contributed by atoms with Gasteiger partial charge in [-0.2, -0.15) is 5.10 Å². The van der Waals surface area contributed by atoms with Gasteiger partial charge >= 0.3 is 0 Å². The number of hydrazone groups is 1. The highest BCUT2D eigenvalue weighted by molar-refractivity contribution is 5.95. The predicted molar refractivity (Wildman–Crippen MR) is 113 cm³/mol. The Labute approximate surface area is 170 Å². The van der Waals surface area contributed by atoms with Crippen LogP contribution in [0.5, 0.6) is 0 Å². The highest BCUT2D eigenvalue weighted by atomic mass is 19.1. The van der Waals surface area contributed by atoms with Crippen LogP contribution in [0.15, 0.2) is 88.9 Å². The molecule has 2 aromatic carbocycles. The lowest BCUT2D eigenvalue weighted by Crippen LogP contribution is -2.23. The summed E-state index contributed by atoms with van der Waals surface area (Å²) in [5, 5.41) is 7.01. The van der Waals surface area contributed by atoms with Gasteiger partial charge in [-0.25, -0.2) is 14.8 Å². The summed E-state index contributed by atoms with van der Waals surface area (Å²) in [5.74, 6) is -0.670. The summed E-state index contributed by atoms with van der Waals surface area (Å²) in [7, 11) is 0. The van der Waals surface area contributed by atoms with Crippen LogP contribution in [0.2, 0.25) is 0 Å². The van der Waals surface area contributed by atoms with Crippen molar-refractivity contribution in [1.82, 2.24) is 14.8 Å². The number of nitrogens with zero attached hydrogens (tertiary/aromatic N) is 3. The number of carbonyl (C=O) groups excluding carboxylic acids is 1. The smallest absolute Gasteiger partial charge is 0.271 e. The molecule has 0 bridgehead atoms. The van der Waals surface area contributed by atoms with E-state index in [2.05, 4.69) is 20.8 Å². The van der Waals surface area contributed by atoms with Crippen molar-refractivity contribution in [3.05, 3.63) is 106 Å². The fourth-order valence-electron chi connectivity index (χ4n) is 2.79. The van der Waals surface area contributed by atoms with Crippen molar-refractivity contribution < 1.29 is 9.18 Å². The first-order valence-corrected chi connectivity index (χ1v) is 9.04. The van der Waals surface area contributed by atoms with E-state index in [0.29, 0.717) is 11.5 Å². The van der Waals surface area contributed by atoms with Gasteiger partial charge in [0, 0.05) is 17.4 Å². The van der Waals surface area contributed by atoms with Crippen LogP contribution in [-0.2, 0) is 0 Å². The molecule has 4 aromatic rings. The first-order chi connectivity index (χ1) is 14.6. The first kappa shape index (κ1) is 19.0. The molecule has 1 amide bonds. The van der Waals surface area contributed by atoms with E-state index in [1.807, 2.05) is 30.3 Å². The van der Waals surface area contributed by atoms with Crippen LogP contribution in [-0.4, -0.2) is 21.5 Å². The SMILES string of the molecule is O=C(N/N=C/c1c(Nc2ccccc2)nc2ccccn2c1=O)c1ccc(F)cc1. The van der Waals surface area contributed by atoms with Crippen LogP contribution in [0, 0.1) is 5.82 Å². The van der Waals surface area contributed by atoms with Crippen molar-refractivity contribution in [2.45, 2.75) is 0 Å². The lowest BCUT2D eigenvalue weighted by atomic mass is 10.2. The summed E-state index contributed by atoms with van der Waals surface area (Å²) in [4.78, 5) is 29.6. The summed E-state index contributed by atoms with van der Waals surface area (Å²) in [6.45, 7) is 0. The minimum atomic E-state index is -0.530. The Balaban J connectivity index is 1.67. The molecule has 0 unspecified atom stereocenters. The molecule has 2 N–H and O–H groups in total. The third kappa shape index (κ3) is 4.07. The Morgan fingerprint density at radius 1 is 1.00 bits per heavy atom. The van der Waals surface area contributed by atoms with Gasteiger partial charge in [-0.1, -0.05) is 24.3 Å². The number of hydrogen-bond donors (Lipinski definition) is 2. The van der Waals surface area contributed by atoms with Crippen molar-refractivity contribution >= 4 is 29.3 Å². The fourth-order valence-corrected chi connectivity index (χ4v) is 2.79. The van der Waals surface area contributed by atoms with Gasteiger partial charge in [0.05, 0.1) is 6.21 Å². The molecule has 2 heterocycles. The average molecular weight is 401 g/mol. The molecule has 8 heteroatoms. The molecule has 4 rings (SSSR count). The number of fused-ring (bicyclic) bond motifs is 1. The summed E-state index contributed by atoms with van der Waals surface area (Å²) < 4.78 is 14.4. The van der Waals surface area contributed by atoms with Crippen LogP contribution in [0.3, 0.4) is 0 Å². The molecular weight excluding hydrogens is 385 g/mol. The third-order valence-electron chi connectivity index (χ3n) is 4.27. The topological polar surface area (TPSA) is 87.9 Å². The van der Waals surface area contributed by atoms with Crippen molar-refractivity contribution in [3.63, 3.8) is 0 Å². The summed E-state index contributed by atoms with van der Waals surface area (Å²) >= 11 is 0. The molecule has 2 aromatic heterocycles. The number of nitrogens with one attached hydrogen (secondary N) is 2. The molecule has 0 spiro atoms. The molecule has 0 radical (unpaired) electrons. The maximum atomic E-state index is 13.0. The van der Waals surface area contributed by atoms with Gasteiger partial charge < -0.3 is 5.32 Å². The lowest BCUT2D eigenvalue weighted by Gasteiger charge is -2.10. The van der Waals surface area contributed by atoms with Crippen molar-refractivity contribution in [1.29, 1.82) is 0 Å². The molecule has 0 fully saturated rings. The van der Waals surface area contributed by atoms with Crippen LogP contribution in [0.4, 0.5) is 15.9 Å². The molecule has 148 valence electrons. The maximum Gasteiger partial charge on any atom is 0.271 e. The standard InChI is InChI=1S/C22H16FN5O2/c23-16-11-9-15(10-12-16)21(29)27-24-14-18-20(25-17-6-2-1-3-7-17)26-19-8-4-5-13-28(19)22(18)30/h1-14,25H,(H,27,29)/b24-14+. The van der Waals surface area contributed by atoms with Gasteiger partial charge in [-0.05, 0) is 48.5 Å². The quantitative estimate of drug-likeness (QED) is 0.397. The van der Waals surface area contributed by atoms with E-state index in [4.69, 9.17) is 0 Å². The predicted octanol–water partition coefficient (Wildman–Crippen LogP) is 3.34. The van der Waals surface area contributed by atoms with E-state index in [1.54, 1.807) is 24.4 Å². The summed E-state index contributed by atoms with van der Waals surface area (Å²) in [6, 6.07) is 19.5. The van der Waals surface area contributed by atoms with E-state index in [1.165, 1.54) is 34.9 Å². The number of pyridine rings is 1. The molecule has 0 saturated carbocycles. The number of benzene rings is 2. The number of aromatic nitrogens is 2. The van der Waals surface area contributed by atoms with Crippen LogP contribution in [0.1, 0.15) is 15.9 Å². The minimum Gasteiger partial charge on any atom is -0.339 e. The first-order valence-electron chi connectivity index (χ1n) is 9.04. The molecule has 0 aliphatic heterocycles. The minimum absolute atomic E-state index is 0.168. The van der Waals surface area contributed by atoms with Crippen molar-refractivity contribution in [2.75, 3.05) is 5.32 Å². The van der Waals surface area contributed by atoms with E-state index >= 15 is 0 Å². The van der Waals surface area contributed by atoms with E-state index in [-0.39, 0.29) is 16.7 Å². The van der Waals surface area contributed by atoms with Gasteiger partial charge in [0.2, 0.25) is 0 Å². The van der Waals surface area contributed by atoms with E-state index < -0.39 is 11.7 Å². The second kappa shape index (κ2) is 8.36. The number of anilines is 2. The zero-order chi connectivity index (χ0) is 20.9. The lowest BCUT2D eigenvalue weighted by molar-refractivity contribution is 0.0955. The zero-order valence-corrected chi connectivity index (χ0v) is 15.6. The van der Waals surface area contributed by atoms with E-state index in [0.717, 1.165) is 5.69 Å². The van der Waals surface area contributed by atoms with Crippen LogP contribution < -0.4 is 16.3 Å². The van der Waals surface area contributed by atoms with Gasteiger partial charge in [-0.15, -0.1) is 0 Å². The van der Waals surface area contributed by atoms with Crippen molar-refractivity contribution in [2.24, 2.45) is 5.10 Å². The Morgan fingerprint density at radius 3 is 2.50 bits per heavy atom. The number of hydrogen-bond acceptors (Lipinski definition) is 5. The number of carbonyl (C=O) groups is 1. The van der Waals surface area contributed by atoms with Crippen LogP contribution >= 0.6 is 0 Å².